The molecule has 1 amide bonds. The molecular formula is C16H24BrNO. The van der Waals surface area contributed by atoms with Crippen molar-refractivity contribution < 1.29 is 4.79 Å². The third kappa shape index (κ3) is 4.34. The third-order valence-corrected chi connectivity index (χ3v) is 4.00. The van der Waals surface area contributed by atoms with Crippen LogP contribution in [0.25, 0.3) is 0 Å². The standard InChI is InChI=1S/C16H24BrNO/c1-5-13(6-2)18(11-12(3)4)16(19)14-9-7-8-10-15(14)17/h7-10,12-13H,5-6,11H2,1-4H3. The summed E-state index contributed by atoms with van der Waals surface area (Å²) in [4.78, 5) is 14.8. The summed E-state index contributed by atoms with van der Waals surface area (Å²) in [5.41, 5.74) is 0.759. The van der Waals surface area contributed by atoms with Gasteiger partial charge in [-0.1, -0.05) is 39.8 Å². The van der Waals surface area contributed by atoms with Gasteiger partial charge in [0.2, 0.25) is 0 Å². The maximum absolute atomic E-state index is 12.8. The molecule has 0 atom stereocenters. The highest BCUT2D eigenvalue weighted by Crippen LogP contribution is 2.21. The van der Waals surface area contributed by atoms with Crippen molar-refractivity contribution in [1.29, 1.82) is 0 Å². The Kier molecular flexibility index (Phi) is 6.56. The van der Waals surface area contributed by atoms with Crippen molar-refractivity contribution >= 4 is 21.8 Å². The second-order valence-corrected chi connectivity index (χ2v) is 6.16. The first kappa shape index (κ1) is 16.2. The van der Waals surface area contributed by atoms with Crippen LogP contribution in [-0.2, 0) is 0 Å². The zero-order chi connectivity index (χ0) is 14.4. The predicted octanol–water partition coefficient (Wildman–Crippen LogP) is 4.74. The third-order valence-electron chi connectivity index (χ3n) is 3.31. The van der Waals surface area contributed by atoms with Crippen molar-refractivity contribution in [2.45, 2.75) is 46.6 Å². The molecule has 0 spiro atoms. The minimum absolute atomic E-state index is 0.134. The van der Waals surface area contributed by atoms with Gasteiger partial charge >= 0.3 is 0 Å². The van der Waals surface area contributed by atoms with E-state index in [1.165, 1.54) is 0 Å². The summed E-state index contributed by atoms with van der Waals surface area (Å²) in [6, 6.07) is 7.99. The van der Waals surface area contributed by atoms with Crippen molar-refractivity contribution in [2.24, 2.45) is 5.92 Å². The van der Waals surface area contributed by atoms with E-state index in [2.05, 4.69) is 43.6 Å². The molecule has 0 aliphatic rings. The van der Waals surface area contributed by atoms with Gasteiger partial charge in [0.15, 0.2) is 0 Å². The van der Waals surface area contributed by atoms with Crippen LogP contribution < -0.4 is 0 Å². The Balaban J connectivity index is 3.03. The number of hydrogen-bond acceptors (Lipinski definition) is 1. The number of hydrogen-bond donors (Lipinski definition) is 0. The van der Waals surface area contributed by atoms with Gasteiger partial charge in [-0.3, -0.25) is 4.79 Å². The molecule has 1 aromatic carbocycles. The molecule has 0 saturated carbocycles. The summed E-state index contributed by atoms with van der Waals surface area (Å²) < 4.78 is 0.875. The fourth-order valence-corrected chi connectivity index (χ4v) is 2.76. The second kappa shape index (κ2) is 7.68. The summed E-state index contributed by atoms with van der Waals surface area (Å²) >= 11 is 3.48. The molecule has 106 valence electrons. The van der Waals surface area contributed by atoms with Crippen molar-refractivity contribution in [3.05, 3.63) is 34.3 Å². The summed E-state index contributed by atoms with van der Waals surface area (Å²) in [6.07, 6.45) is 2.00. The topological polar surface area (TPSA) is 20.3 Å². The molecule has 0 fully saturated rings. The molecule has 0 aliphatic heterocycles. The Hall–Kier alpha value is -0.830. The molecule has 0 aromatic heterocycles. The highest BCUT2D eigenvalue weighted by atomic mass is 79.9. The highest BCUT2D eigenvalue weighted by molar-refractivity contribution is 9.10. The van der Waals surface area contributed by atoms with E-state index in [4.69, 9.17) is 0 Å². The van der Waals surface area contributed by atoms with Gasteiger partial charge in [-0.15, -0.1) is 0 Å². The van der Waals surface area contributed by atoms with Crippen LogP contribution in [0.1, 0.15) is 50.9 Å². The molecule has 0 radical (unpaired) electrons. The van der Waals surface area contributed by atoms with Crippen LogP contribution in [0, 0.1) is 5.92 Å². The van der Waals surface area contributed by atoms with E-state index in [1.807, 2.05) is 29.2 Å². The molecule has 1 rings (SSSR count). The zero-order valence-corrected chi connectivity index (χ0v) is 13.9. The molecular weight excluding hydrogens is 302 g/mol. The predicted molar refractivity (Wildman–Crippen MR) is 84.4 cm³/mol. The van der Waals surface area contributed by atoms with E-state index in [9.17, 15) is 4.79 Å². The van der Waals surface area contributed by atoms with E-state index < -0.39 is 0 Å². The van der Waals surface area contributed by atoms with Gasteiger partial charge in [-0.25, -0.2) is 0 Å². The van der Waals surface area contributed by atoms with Crippen molar-refractivity contribution in [3.63, 3.8) is 0 Å². The lowest BCUT2D eigenvalue weighted by molar-refractivity contribution is 0.0639. The lowest BCUT2D eigenvalue weighted by atomic mass is 10.1. The Morgan fingerprint density at radius 1 is 1.21 bits per heavy atom. The van der Waals surface area contributed by atoms with Gasteiger partial charge in [0, 0.05) is 17.1 Å². The summed E-state index contributed by atoms with van der Waals surface area (Å²) in [5, 5.41) is 0. The van der Waals surface area contributed by atoms with E-state index in [0.29, 0.717) is 12.0 Å². The molecule has 19 heavy (non-hydrogen) atoms. The van der Waals surface area contributed by atoms with Crippen molar-refractivity contribution in [2.75, 3.05) is 6.54 Å². The number of benzene rings is 1. The van der Waals surface area contributed by atoms with Crippen LogP contribution in [0.2, 0.25) is 0 Å². The summed E-state index contributed by atoms with van der Waals surface area (Å²) in [7, 11) is 0. The normalized spacial score (nSPS) is 11.1. The van der Waals surface area contributed by atoms with Gasteiger partial charge < -0.3 is 4.90 Å². The summed E-state index contributed by atoms with van der Waals surface area (Å²) in [5.74, 6) is 0.613. The Labute approximate surface area is 125 Å². The molecule has 0 heterocycles. The first-order chi connectivity index (χ1) is 9.01. The maximum Gasteiger partial charge on any atom is 0.255 e. The van der Waals surface area contributed by atoms with E-state index in [0.717, 1.165) is 29.4 Å². The first-order valence-corrected chi connectivity index (χ1v) is 7.86. The number of rotatable bonds is 6. The van der Waals surface area contributed by atoms with Crippen molar-refractivity contribution in [3.8, 4) is 0 Å². The molecule has 0 bridgehead atoms. The van der Waals surface area contributed by atoms with Crippen LogP contribution in [0.15, 0.2) is 28.7 Å². The number of carbonyl (C=O) groups excluding carboxylic acids is 1. The van der Waals surface area contributed by atoms with Crippen LogP contribution >= 0.6 is 15.9 Å². The van der Waals surface area contributed by atoms with Gasteiger partial charge in [-0.2, -0.15) is 0 Å². The molecule has 2 nitrogen and oxygen atoms in total. The van der Waals surface area contributed by atoms with Crippen LogP contribution in [0.4, 0.5) is 0 Å². The second-order valence-electron chi connectivity index (χ2n) is 5.30. The molecule has 0 N–H and O–H groups in total. The maximum atomic E-state index is 12.8. The van der Waals surface area contributed by atoms with Crippen LogP contribution in [0.5, 0.6) is 0 Å². The molecule has 0 saturated heterocycles. The fourth-order valence-electron chi connectivity index (χ4n) is 2.31. The highest BCUT2D eigenvalue weighted by Gasteiger charge is 2.24. The fraction of sp³-hybridized carbons (Fsp3) is 0.562. The van der Waals surface area contributed by atoms with E-state index >= 15 is 0 Å². The van der Waals surface area contributed by atoms with Gasteiger partial charge in [-0.05, 0) is 46.8 Å². The SMILES string of the molecule is CCC(CC)N(CC(C)C)C(=O)c1ccccc1Br. The first-order valence-electron chi connectivity index (χ1n) is 7.06. The molecule has 3 heteroatoms. The number of halogens is 1. The van der Waals surface area contributed by atoms with Gasteiger partial charge in [0.25, 0.3) is 5.91 Å². The van der Waals surface area contributed by atoms with E-state index in [1.54, 1.807) is 0 Å². The Morgan fingerprint density at radius 3 is 2.26 bits per heavy atom. The Bertz CT molecular complexity index is 413. The van der Waals surface area contributed by atoms with E-state index in [-0.39, 0.29) is 5.91 Å². The molecule has 0 aliphatic carbocycles. The van der Waals surface area contributed by atoms with Crippen molar-refractivity contribution in [1.82, 2.24) is 4.90 Å². The minimum Gasteiger partial charge on any atom is -0.335 e. The Morgan fingerprint density at radius 2 is 1.79 bits per heavy atom. The molecule has 0 unspecified atom stereocenters. The number of carbonyl (C=O) groups is 1. The lowest BCUT2D eigenvalue weighted by Gasteiger charge is -2.32. The van der Waals surface area contributed by atoms with Crippen LogP contribution in [-0.4, -0.2) is 23.4 Å². The number of amides is 1. The average molecular weight is 326 g/mol. The monoisotopic (exact) mass is 325 g/mol. The smallest absolute Gasteiger partial charge is 0.255 e. The van der Waals surface area contributed by atoms with Gasteiger partial charge in [0.05, 0.1) is 5.56 Å². The minimum atomic E-state index is 0.134. The summed E-state index contributed by atoms with van der Waals surface area (Å²) in [6.45, 7) is 9.42. The largest absolute Gasteiger partial charge is 0.335 e. The zero-order valence-electron chi connectivity index (χ0n) is 12.3. The lowest BCUT2D eigenvalue weighted by Crippen LogP contribution is -2.42. The quantitative estimate of drug-likeness (QED) is 0.740. The van der Waals surface area contributed by atoms with Crippen LogP contribution in [0.3, 0.4) is 0 Å². The van der Waals surface area contributed by atoms with Gasteiger partial charge in [0.1, 0.15) is 0 Å². The number of nitrogens with zero attached hydrogens (tertiary/aromatic N) is 1. The molecule has 1 aromatic rings. The average Bonchev–Trinajstić information content (AvgIpc) is 2.38.